The number of alkyl halides is 3. The number of imidazole rings is 1. The van der Waals surface area contributed by atoms with E-state index in [1.54, 1.807) is 52.9 Å². The molecule has 5 rings (SSSR count). The van der Waals surface area contributed by atoms with Crippen LogP contribution < -0.4 is 11.0 Å². The molecule has 1 N–H and O–H groups in total. The number of halogens is 4. The van der Waals surface area contributed by atoms with Crippen molar-refractivity contribution in [3.63, 3.8) is 0 Å². The Kier molecular flexibility index (Phi) is 6.03. The maximum Gasteiger partial charge on any atom is 0.405 e. The Bertz CT molecular complexity index is 1730. The molecule has 0 saturated heterocycles. The third kappa shape index (κ3) is 4.46. The Labute approximate surface area is 212 Å². The van der Waals surface area contributed by atoms with Gasteiger partial charge in [0.1, 0.15) is 13.1 Å². The van der Waals surface area contributed by atoms with Crippen LogP contribution in [0.15, 0.2) is 59.8 Å². The highest BCUT2D eigenvalue weighted by molar-refractivity contribution is 6.35. The smallest absolute Gasteiger partial charge is 0.345 e. The van der Waals surface area contributed by atoms with Crippen molar-refractivity contribution in [3.05, 3.63) is 76.1 Å². The number of fused-ring (bicyclic) bond motifs is 2. The second kappa shape index (κ2) is 9.07. The second-order valence-corrected chi connectivity index (χ2v) is 9.00. The van der Waals surface area contributed by atoms with Gasteiger partial charge in [-0.3, -0.25) is 23.6 Å². The molecule has 0 saturated carbocycles. The fourth-order valence-electron chi connectivity index (χ4n) is 4.40. The number of pyridine rings is 1. The van der Waals surface area contributed by atoms with E-state index >= 15 is 0 Å². The molecule has 190 valence electrons. The van der Waals surface area contributed by atoms with Crippen LogP contribution in [0.3, 0.4) is 0 Å². The van der Waals surface area contributed by atoms with E-state index < -0.39 is 30.9 Å². The van der Waals surface area contributed by atoms with Gasteiger partial charge in [0, 0.05) is 24.2 Å². The highest BCUT2D eigenvalue weighted by atomic mass is 35.5. The lowest BCUT2D eigenvalue weighted by Gasteiger charge is -2.11. The van der Waals surface area contributed by atoms with Crippen molar-refractivity contribution in [2.75, 3.05) is 6.54 Å². The highest BCUT2D eigenvalue weighted by Gasteiger charge is 2.28. The van der Waals surface area contributed by atoms with E-state index in [0.29, 0.717) is 16.7 Å². The average molecular weight is 529 g/mol. The molecule has 8 nitrogen and oxygen atoms in total. The van der Waals surface area contributed by atoms with Crippen molar-refractivity contribution in [2.24, 2.45) is 7.05 Å². The lowest BCUT2D eigenvalue weighted by Crippen LogP contribution is -2.38. The Morgan fingerprint density at radius 1 is 1.11 bits per heavy atom. The molecule has 0 radical (unpaired) electrons. The molecule has 0 spiro atoms. The van der Waals surface area contributed by atoms with Crippen LogP contribution in [0.1, 0.15) is 5.56 Å². The number of carbonyl (C=O) groups is 1. The number of para-hydroxylation sites is 1. The van der Waals surface area contributed by atoms with Gasteiger partial charge in [0.15, 0.2) is 0 Å². The van der Waals surface area contributed by atoms with E-state index in [2.05, 4.69) is 10.1 Å². The molecule has 0 aliphatic heterocycles. The summed E-state index contributed by atoms with van der Waals surface area (Å²) in [5.74, 6) is -0.942. The largest absolute Gasteiger partial charge is 0.405 e. The second-order valence-electron chi connectivity index (χ2n) is 8.59. The van der Waals surface area contributed by atoms with Gasteiger partial charge in [0.25, 0.3) is 0 Å². The lowest BCUT2D eigenvalue weighted by molar-refractivity contribution is -0.138. The maximum atomic E-state index is 13.5. The molecule has 0 unspecified atom stereocenters. The van der Waals surface area contributed by atoms with Crippen molar-refractivity contribution >= 4 is 39.4 Å². The first kappa shape index (κ1) is 24.6. The number of amides is 1. The van der Waals surface area contributed by atoms with Crippen LogP contribution in [0.25, 0.3) is 38.8 Å². The zero-order valence-electron chi connectivity index (χ0n) is 19.7. The monoisotopic (exact) mass is 528 g/mol. The number of carbonyl (C=O) groups excluding carboxylic acids is 1. The first-order chi connectivity index (χ1) is 17.5. The van der Waals surface area contributed by atoms with Crippen molar-refractivity contribution in [2.45, 2.75) is 19.6 Å². The Balaban J connectivity index is 1.60. The highest BCUT2D eigenvalue weighted by Crippen LogP contribution is 2.31. The molecule has 1 amide bonds. The van der Waals surface area contributed by atoms with E-state index in [-0.39, 0.29) is 5.02 Å². The van der Waals surface area contributed by atoms with Gasteiger partial charge in [-0.05, 0) is 42.3 Å². The minimum atomic E-state index is -4.56. The quantitative estimate of drug-likeness (QED) is 0.367. The maximum absolute atomic E-state index is 13.5. The van der Waals surface area contributed by atoms with Gasteiger partial charge in [-0.25, -0.2) is 4.79 Å². The van der Waals surface area contributed by atoms with Crippen molar-refractivity contribution in [3.8, 4) is 16.8 Å². The number of nitrogens with one attached hydrogen (secondary N) is 1. The van der Waals surface area contributed by atoms with Crippen LogP contribution in [0.5, 0.6) is 0 Å². The first-order valence-corrected chi connectivity index (χ1v) is 11.5. The predicted octanol–water partition coefficient (Wildman–Crippen LogP) is 4.38. The summed E-state index contributed by atoms with van der Waals surface area (Å²) in [4.78, 5) is 30.1. The molecule has 3 heterocycles. The Morgan fingerprint density at radius 3 is 2.62 bits per heavy atom. The molecular weight excluding hydrogens is 509 g/mol. The van der Waals surface area contributed by atoms with Gasteiger partial charge in [-0.15, -0.1) is 0 Å². The molecule has 2 aromatic carbocycles. The number of hydrogen-bond donors (Lipinski definition) is 1. The van der Waals surface area contributed by atoms with Gasteiger partial charge in [0.05, 0.1) is 39.7 Å². The van der Waals surface area contributed by atoms with Gasteiger partial charge in [0.2, 0.25) is 5.91 Å². The van der Waals surface area contributed by atoms with Gasteiger partial charge >= 0.3 is 11.9 Å². The lowest BCUT2D eigenvalue weighted by atomic mass is 10.0. The summed E-state index contributed by atoms with van der Waals surface area (Å²) in [5.41, 5.74) is 3.94. The van der Waals surface area contributed by atoms with E-state index in [1.165, 1.54) is 4.57 Å². The average Bonchev–Trinajstić information content (AvgIpc) is 3.36. The van der Waals surface area contributed by atoms with Crippen molar-refractivity contribution < 1.29 is 18.0 Å². The van der Waals surface area contributed by atoms with E-state index in [0.717, 1.165) is 32.2 Å². The number of rotatable bonds is 5. The predicted molar refractivity (Wildman–Crippen MR) is 134 cm³/mol. The molecule has 5 aromatic rings. The molecule has 3 aromatic heterocycles. The topological polar surface area (TPSA) is 86.7 Å². The molecule has 0 fully saturated rings. The zero-order chi connectivity index (χ0) is 26.5. The van der Waals surface area contributed by atoms with Crippen LogP contribution in [0, 0.1) is 6.92 Å². The van der Waals surface area contributed by atoms with Gasteiger partial charge in [-0.2, -0.15) is 18.3 Å². The number of nitrogens with zero attached hydrogens (tertiary/aromatic N) is 5. The summed E-state index contributed by atoms with van der Waals surface area (Å²) in [6.45, 7) is -0.248. The molecule has 12 heteroatoms. The summed E-state index contributed by atoms with van der Waals surface area (Å²) in [6, 6.07) is 10.3. The molecule has 37 heavy (non-hydrogen) atoms. The number of aryl methyl sites for hydroxylation is 2. The molecule has 0 bridgehead atoms. The molecular formula is C25H20ClF3N6O2. The first-order valence-electron chi connectivity index (χ1n) is 11.2. The van der Waals surface area contributed by atoms with Crippen LogP contribution >= 0.6 is 11.6 Å². The minimum absolute atomic E-state index is 0.261. The summed E-state index contributed by atoms with van der Waals surface area (Å²) < 4.78 is 41.8. The number of hydrogen-bond acceptors (Lipinski definition) is 4. The third-order valence-electron chi connectivity index (χ3n) is 6.11. The van der Waals surface area contributed by atoms with Gasteiger partial charge in [-0.1, -0.05) is 23.7 Å². The molecule has 0 atom stereocenters. The van der Waals surface area contributed by atoms with Crippen molar-refractivity contribution in [1.29, 1.82) is 0 Å². The fourth-order valence-corrected chi connectivity index (χ4v) is 4.65. The van der Waals surface area contributed by atoms with Crippen LogP contribution in [0.2, 0.25) is 5.02 Å². The Hall–Kier alpha value is -4.12. The van der Waals surface area contributed by atoms with E-state index in [1.807, 2.05) is 26.1 Å². The molecule has 0 aliphatic rings. The summed E-state index contributed by atoms with van der Waals surface area (Å²) >= 11 is 6.46. The number of benzene rings is 2. The summed E-state index contributed by atoms with van der Waals surface area (Å²) in [7, 11) is 1.83. The SMILES string of the molecule is Cc1cc(-c2cncc3c2cnn3C)ccc1-n1c(=O)n(CC(=O)NCC(F)(F)F)c2cccc(Cl)c21. The molecule has 0 aliphatic carbocycles. The Morgan fingerprint density at radius 2 is 1.89 bits per heavy atom. The minimum Gasteiger partial charge on any atom is -0.345 e. The van der Waals surface area contributed by atoms with Crippen LogP contribution in [0.4, 0.5) is 13.2 Å². The third-order valence-corrected chi connectivity index (χ3v) is 6.42. The van der Waals surface area contributed by atoms with Gasteiger partial charge < -0.3 is 5.32 Å². The van der Waals surface area contributed by atoms with E-state index in [9.17, 15) is 22.8 Å². The summed E-state index contributed by atoms with van der Waals surface area (Å²) in [6.07, 6.45) is 0.672. The number of aromatic nitrogens is 5. The fraction of sp³-hybridized carbons (Fsp3) is 0.200. The summed E-state index contributed by atoms with van der Waals surface area (Å²) in [5, 5.41) is 7.28. The standard InChI is InChI=1S/C25H20ClF3N6O2/c1-14-8-15(16-9-30-11-21-17(16)10-32-33(21)2)6-7-19(14)35-23-18(26)4-3-5-20(23)34(24(35)37)12-22(36)31-13-25(27,28)29/h3-11H,12-13H2,1-2H3,(H,31,36). The van der Waals surface area contributed by atoms with Crippen LogP contribution in [-0.4, -0.2) is 42.5 Å². The van der Waals surface area contributed by atoms with E-state index in [4.69, 9.17) is 11.6 Å². The zero-order valence-corrected chi connectivity index (χ0v) is 20.4. The van der Waals surface area contributed by atoms with Crippen LogP contribution in [-0.2, 0) is 18.4 Å². The normalized spacial score (nSPS) is 11.9. The van der Waals surface area contributed by atoms with Crippen molar-refractivity contribution in [1.82, 2.24) is 29.2 Å².